The summed E-state index contributed by atoms with van der Waals surface area (Å²) in [6, 6.07) is 0.0540. The minimum atomic E-state index is -1.54. The summed E-state index contributed by atoms with van der Waals surface area (Å²) in [4.78, 5) is 0. The lowest BCUT2D eigenvalue weighted by atomic mass is 9.86. The van der Waals surface area contributed by atoms with E-state index in [1.54, 1.807) is 0 Å². The van der Waals surface area contributed by atoms with Gasteiger partial charge in [0.25, 0.3) is 0 Å². The SMILES string of the molecule is CCCCCCCCCCCCCC[C@@H](O)[C@@H](O)[C@H](COC1OC(CO)C(O)C(O)C1O)C1CC(CCCCCCCCCCC2CCOCC2)NN1. The molecule has 3 saturated heterocycles. The number of nitrogens with one attached hydrogen (secondary N) is 2. The number of hydrogen-bond acceptors (Lipinski definition) is 11. The zero-order valence-electron chi connectivity index (χ0n) is 33.5. The highest BCUT2D eigenvalue weighted by Gasteiger charge is 2.45. The Kier molecular flexibility index (Phi) is 25.6. The molecule has 314 valence electrons. The predicted octanol–water partition coefficient (Wildman–Crippen LogP) is 5.79. The summed E-state index contributed by atoms with van der Waals surface area (Å²) in [6.07, 6.45) is 22.2. The Labute approximate surface area is 322 Å². The molecule has 10 atom stereocenters. The van der Waals surface area contributed by atoms with E-state index < -0.39 is 55.4 Å². The molecule has 3 fully saturated rings. The van der Waals surface area contributed by atoms with Crippen molar-refractivity contribution in [3.63, 3.8) is 0 Å². The Morgan fingerprint density at radius 2 is 1.21 bits per heavy atom. The van der Waals surface area contributed by atoms with Crippen LogP contribution in [0.4, 0.5) is 0 Å². The topological polar surface area (TPSA) is 173 Å². The molecule has 0 aromatic rings. The normalized spacial score (nSPS) is 28.7. The zero-order valence-corrected chi connectivity index (χ0v) is 33.5. The van der Waals surface area contributed by atoms with Crippen molar-refractivity contribution in [2.45, 2.75) is 229 Å². The number of aliphatic hydroxyl groups is 6. The minimum Gasteiger partial charge on any atom is -0.394 e. The molecule has 0 spiro atoms. The molecular formula is C42H82N2O9. The van der Waals surface area contributed by atoms with Gasteiger partial charge >= 0.3 is 0 Å². The first-order valence-corrected chi connectivity index (χ1v) is 22.2. The fourth-order valence-electron chi connectivity index (χ4n) is 8.55. The van der Waals surface area contributed by atoms with E-state index in [0.717, 1.165) is 57.7 Å². The minimum absolute atomic E-state index is 0.0412. The van der Waals surface area contributed by atoms with Gasteiger partial charge in [-0.1, -0.05) is 142 Å². The van der Waals surface area contributed by atoms with Crippen molar-refractivity contribution in [2.24, 2.45) is 11.8 Å². The molecule has 0 aromatic heterocycles. The molecule has 0 saturated carbocycles. The van der Waals surface area contributed by atoms with Crippen molar-refractivity contribution in [1.29, 1.82) is 0 Å². The van der Waals surface area contributed by atoms with Crippen molar-refractivity contribution in [3.8, 4) is 0 Å². The van der Waals surface area contributed by atoms with E-state index in [-0.39, 0.29) is 18.7 Å². The standard InChI is InChI=1S/C42H82N2O9/c1-2-3-4-5-6-7-8-9-10-15-18-21-24-36(46)38(47)34(31-52-42-41(50)40(49)39(48)37(30-45)53-42)35-29-33(43-44-35)23-20-17-14-12-11-13-16-19-22-32-25-27-51-28-26-32/h32-50H,2-31H2,1H3/t33?,34-,35?,36-,37?,38+,39?,40?,41?,42?/m1/s1. The van der Waals surface area contributed by atoms with Crippen molar-refractivity contribution < 1.29 is 44.8 Å². The third-order valence-corrected chi connectivity index (χ3v) is 12.3. The molecule has 11 nitrogen and oxygen atoms in total. The average molecular weight is 759 g/mol. The Bertz CT molecular complexity index is 866. The molecule has 7 unspecified atom stereocenters. The highest BCUT2D eigenvalue weighted by Crippen LogP contribution is 2.28. The van der Waals surface area contributed by atoms with Crippen LogP contribution >= 0.6 is 0 Å². The second-order valence-corrected chi connectivity index (χ2v) is 16.7. The van der Waals surface area contributed by atoms with Crippen molar-refractivity contribution in [1.82, 2.24) is 10.9 Å². The second-order valence-electron chi connectivity index (χ2n) is 16.7. The quantitative estimate of drug-likeness (QED) is 0.0402. The third kappa shape index (κ3) is 18.6. The number of hydrogen-bond donors (Lipinski definition) is 8. The van der Waals surface area contributed by atoms with Gasteiger partial charge < -0.3 is 44.8 Å². The molecule has 3 aliphatic rings. The van der Waals surface area contributed by atoms with Crippen LogP contribution in [0.3, 0.4) is 0 Å². The first-order chi connectivity index (χ1) is 25.8. The first kappa shape index (κ1) is 46.9. The van der Waals surface area contributed by atoms with Gasteiger partial charge in [-0.15, -0.1) is 0 Å². The van der Waals surface area contributed by atoms with E-state index in [4.69, 9.17) is 14.2 Å². The van der Waals surface area contributed by atoms with E-state index in [2.05, 4.69) is 17.8 Å². The fourth-order valence-corrected chi connectivity index (χ4v) is 8.55. The zero-order chi connectivity index (χ0) is 38.1. The Hall–Kier alpha value is -0.440. The van der Waals surface area contributed by atoms with Crippen molar-refractivity contribution in [2.75, 3.05) is 26.4 Å². The van der Waals surface area contributed by atoms with E-state index >= 15 is 0 Å². The Morgan fingerprint density at radius 1 is 0.660 bits per heavy atom. The summed E-state index contributed by atoms with van der Waals surface area (Å²) < 4.78 is 17.0. The molecule has 3 aliphatic heterocycles. The lowest BCUT2D eigenvalue weighted by Crippen LogP contribution is -2.59. The molecule has 0 radical (unpaired) electrons. The van der Waals surface area contributed by atoms with Crippen LogP contribution in [-0.2, 0) is 14.2 Å². The van der Waals surface area contributed by atoms with E-state index in [0.29, 0.717) is 6.42 Å². The van der Waals surface area contributed by atoms with Crippen LogP contribution in [0.5, 0.6) is 0 Å². The number of unbranched alkanes of at least 4 members (excludes halogenated alkanes) is 18. The van der Waals surface area contributed by atoms with Crippen molar-refractivity contribution >= 4 is 0 Å². The summed E-state index contributed by atoms with van der Waals surface area (Å²) in [5.74, 6) is 0.364. The third-order valence-electron chi connectivity index (χ3n) is 12.3. The molecular weight excluding hydrogens is 676 g/mol. The van der Waals surface area contributed by atoms with E-state index in [1.165, 1.54) is 122 Å². The fraction of sp³-hybridized carbons (Fsp3) is 1.00. The molecule has 0 aliphatic carbocycles. The summed E-state index contributed by atoms with van der Waals surface area (Å²) in [6.45, 7) is 3.56. The van der Waals surface area contributed by atoms with Crippen LogP contribution in [0.15, 0.2) is 0 Å². The lowest BCUT2D eigenvalue weighted by molar-refractivity contribution is -0.305. The summed E-state index contributed by atoms with van der Waals surface area (Å²) in [7, 11) is 0. The first-order valence-electron chi connectivity index (χ1n) is 22.2. The molecule has 0 bridgehead atoms. The highest BCUT2D eigenvalue weighted by atomic mass is 16.7. The van der Waals surface area contributed by atoms with Gasteiger partial charge in [0.05, 0.1) is 25.4 Å². The maximum Gasteiger partial charge on any atom is 0.186 e. The van der Waals surface area contributed by atoms with Gasteiger partial charge in [-0.2, -0.15) is 0 Å². The van der Waals surface area contributed by atoms with Gasteiger partial charge in [0.1, 0.15) is 24.4 Å². The molecule has 0 amide bonds. The van der Waals surface area contributed by atoms with Gasteiger partial charge in [-0.3, -0.25) is 10.9 Å². The second kappa shape index (κ2) is 28.9. The summed E-state index contributed by atoms with van der Waals surface area (Å²) >= 11 is 0. The van der Waals surface area contributed by atoms with Crippen LogP contribution in [-0.4, -0.2) is 112 Å². The van der Waals surface area contributed by atoms with Crippen molar-refractivity contribution in [3.05, 3.63) is 0 Å². The monoisotopic (exact) mass is 759 g/mol. The van der Waals surface area contributed by atoms with E-state index in [9.17, 15) is 30.6 Å². The summed E-state index contributed by atoms with van der Waals surface area (Å²) in [5.41, 5.74) is 6.77. The average Bonchev–Trinajstić information content (AvgIpc) is 3.64. The number of rotatable bonds is 31. The predicted molar refractivity (Wildman–Crippen MR) is 209 cm³/mol. The van der Waals surface area contributed by atoms with Crippen LogP contribution in [0.1, 0.15) is 174 Å². The number of ether oxygens (including phenoxy) is 3. The lowest BCUT2D eigenvalue weighted by Gasteiger charge is -2.40. The largest absolute Gasteiger partial charge is 0.394 e. The number of hydrazine groups is 1. The maximum absolute atomic E-state index is 11.5. The molecule has 3 heterocycles. The molecule has 3 rings (SSSR count). The molecule has 8 N–H and O–H groups in total. The Balaban J connectivity index is 1.36. The van der Waals surface area contributed by atoms with Gasteiger partial charge in [0.15, 0.2) is 6.29 Å². The van der Waals surface area contributed by atoms with Gasteiger partial charge in [0, 0.05) is 31.2 Å². The maximum atomic E-state index is 11.5. The highest BCUT2D eigenvalue weighted by molar-refractivity contribution is 4.93. The van der Waals surface area contributed by atoms with Gasteiger partial charge in [-0.25, -0.2) is 0 Å². The Morgan fingerprint density at radius 3 is 1.79 bits per heavy atom. The number of aliphatic hydroxyl groups excluding tert-OH is 6. The van der Waals surface area contributed by atoms with Gasteiger partial charge in [0.2, 0.25) is 0 Å². The molecule has 11 heteroatoms. The van der Waals surface area contributed by atoms with Crippen LogP contribution in [0, 0.1) is 11.8 Å². The van der Waals surface area contributed by atoms with Gasteiger partial charge in [-0.05, 0) is 38.0 Å². The van der Waals surface area contributed by atoms with Crippen LogP contribution < -0.4 is 10.9 Å². The van der Waals surface area contributed by atoms with Crippen LogP contribution in [0.2, 0.25) is 0 Å². The molecule has 0 aromatic carbocycles. The smallest absolute Gasteiger partial charge is 0.186 e. The summed E-state index contributed by atoms with van der Waals surface area (Å²) in [5, 5.41) is 63.2. The molecule has 53 heavy (non-hydrogen) atoms. The van der Waals surface area contributed by atoms with Crippen LogP contribution in [0.25, 0.3) is 0 Å². The van der Waals surface area contributed by atoms with E-state index in [1.807, 2.05) is 0 Å².